The molecule has 0 N–H and O–H groups in total. The van der Waals surface area contributed by atoms with Gasteiger partial charge in [0, 0.05) is 35.8 Å². The van der Waals surface area contributed by atoms with E-state index in [0.29, 0.717) is 23.8 Å². The molecule has 3 aliphatic rings. The summed E-state index contributed by atoms with van der Waals surface area (Å²) in [5.74, 6) is 1.64. The molecule has 1 spiro atoms. The molecule has 1 saturated carbocycles. The molecule has 0 aromatic rings. The summed E-state index contributed by atoms with van der Waals surface area (Å²) < 4.78 is 0. The Morgan fingerprint density at radius 3 is 2.77 bits per heavy atom. The van der Waals surface area contributed by atoms with Crippen LogP contribution in [0.25, 0.3) is 0 Å². The number of carbonyl (C=O) groups excluding carboxylic acids is 1. The monoisotopic (exact) mass is 325 g/mol. The fourth-order valence-corrected chi connectivity index (χ4v) is 5.98. The van der Waals surface area contributed by atoms with E-state index in [4.69, 9.17) is 11.6 Å². The largest absolute Gasteiger partial charge is 0.299 e. The number of hydrogen-bond donors (Lipinski definition) is 0. The van der Waals surface area contributed by atoms with Gasteiger partial charge in [0.05, 0.1) is 0 Å². The van der Waals surface area contributed by atoms with Crippen molar-refractivity contribution in [3.63, 3.8) is 0 Å². The fraction of sp³-hybridized carbons (Fsp3) is 0.947. The van der Waals surface area contributed by atoms with Gasteiger partial charge >= 0.3 is 0 Å². The smallest absolute Gasteiger partial charge is 0.139 e. The molecule has 2 saturated heterocycles. The molecular weight excluding hydrogens is 294 g/mol. The number of hydrogen-bond acceptors (Lipinski definition) is 2. The predicted octanol–water partition coefficient (Wildman–Crippen LogP) is 4.93. The van der Waals surface area contributed by atoms with Gasteiger partial charge in [-0.05, 0) is 32.1 Å². The van der Waals surface area contributed by atoms with Crippen LogP contribution in [-0.4, -0.2) is 34.2 Å². The van der Waals surface area contributed by atoms with Crippen LogP contribution in [0.5, 0.6) is 0 Å². The van der Waals surface area contributed by atoms with Gasteiger partial charge in [-0.2, -0.15) is 0 Å². The average Bonchev–Trinajstić information content (AvgIpc) is 2.90. The number of alkyl halides is 1. The highest BCUT2D eigenvalue weighted by atomic mass is 35.5. The lowest BCUT2D eigenvalue weighted by atomic mass is 9.65. The highest BCUT2D eigenvalue weighted by Crippen LogP contribution is 2.53. The molecule has 0 bridgehead atoms. The second-order valence-electron chi connectivity index (χ2n) is 7.83. The number of piperidine rings is 1. The van der Waals surface area contributed by atoms with Crippen molar-refractivity contribution in [3.8, 4) is 0 Å². The third-order valence-corrected chi connectivity index (χ3v) is 6.96. The van der Waals surface area contributed by atoms with E-state index in [1.54, 1.807) is 0 Å². The summed E-state index contributed by atoms with van der Waals surface area (Å²) in [7, 11) is 0. The van der Waals surface area contributed by atoms with Crippen LogP contribution in [0, 0.1) is 5.92 Å². The molecule has 2 aliphatic heterocycles. The zero-order valence-corrected chi connectivity index (χ0v) is 14.9. The Hall–Kier alpha value is -0.0800. The molecule has 0 unspecified atom stereocenters. The van der Waals surface area contributed by atoms with E-state index < -0.39 is 0 Å². The summed E-state index contributed by atoms with van der Waals surface area (Å²) in [5, 5.41) is 0. The zero-order chi connectivity index (χ0) is 15.6. The third kappa shape index (κ3) is 2.86. The van der Waals surface area contributed by atoms with Gasteiger partial charge in [0.2, 0.25) is 0 Å². The number of ketones is 1. The molecule has 0 aromatic carbocycles. The first kappa shape index (κ1) is 16.8. The molecule has 3 heteroatoms. The minimum absolute atomic E-state index is 0.197. The number of Topliss-reactive ketones (excluding diaryl/α,β-unsaturated/α-hetero) is 1. The van der Waals surface area contributed by atoms with Gasteiger partial charge in [0.15, 0.2) is 0 Å². The van der Waals surface area contributed by atoms with E-state index in [1.807, 2.05) is 0 Å². The highest BCUT2D eigenvalue weighted by molar-refractivity contribution is 6.18. The minimum Gasteiger partial charge on any atom is -0.299 e. The molecule has 0 aromatic heterocycles. The predicted molar refractivity (Wildman–Crippen MR) is 92.4 cm³/mol. The van der Waals surface area contributed by atoms with Crippen LogP contribution in [0.2, 0.25) is 0 Å². The second-order valence-corrected chi connectivity index (χ2v) is 8.14. The van der Waals surface area contributed by atoms with Crippen molar-refractivity contribution in [1.82, 2.24) is 4.90 Å². The van der Waals surface area contributed by atoms with E-state index >= 15 is 0 Å². The quantitative estimate of drug-likeness (QED) is 0.509. The number of halogens is 1. The van der Waals surface area contributed by atoms with Crippen molar-refractivity contribution in [3.05, 3.63) is 0 Å². The number of rotatable bonds is 6. The van der Waals surface area contributed by atoms with E-state index in [2.05, 4.69) is 11.8 Å². The number of nitrogens with zero attached hydrogens (tertiary/aromatic N) is 1. The Labute approximate surface area is 141 Å². The molecule has 0 amide bonds. The number of carbonyl (C=O) groups is 1. The van der Waals surface area contributed by atoms with E-state index in [-0.39, 0.29) is 5.54 Å². The van der Waals surface area contributed by atoms with Crippen LogP contribution in [-0.2, 0) is 4.79 Å². The Morgan fingerprint density at radius 1 is 1.14 bits per heavy atom. The maximum absolute atomic E-state index is 12.8. The van der Waals surface area contributed by atoms with Gasteiger partial charge in [-0.3, -0.25) is 9.69 Å². The minimum atomic E-state index is 0.197. The molecule has 3 rings (SSSR count). The van der Waals surface area contributed by atoms with Gasteiger partial charge in [0.1, 0.15) is 5.78 Å². The molecule has 0 radical (unpaired) electrons. The van der Waals surface area contributed by atoms with Crippen LogP contribution in [0.4, 0.5) is 0 Å². The molecule has 2 nitrogen and oxygen atoms in total. The fourth-order valence-electron chi connectivity index (χ4n) is 5.67. The maximum Gasteiger partial charge on any atom is 0.139 e. The Bertz CT molecular complexity index is 399. The van der Waals surface area contributed by atoms with E-state index in [9.17, 15) is 4.79 Å². The molecule has 3 fully saturated rings. The normalized spacial score (nSPS) is 38.8. The lowest BCUT2D eigenvalue weighted by Gasteiger charge is -2.55. The van der Waals surface area contributed by atoms with Crippen molar-refractivity contribution in [1.29, 1.82) is 0 Å². The topological polar surface area (TPSA) is 20.3 Å². The molecule has 4 atom stereocenters. The Morgan fingerprint density at radius 2 is 2.00 bits per heavy atom. The van der Waals surface area contributed by atoms with Gasteiger partial charge in [-0.15, -0.1) is 11.6 Å². The van der Waals surface area contributed by atoms with Crippen LogP contribution >= 0.6 is 11.6 Å². The Balaban J connectivity index is 1.77. The molecule has 22 heavy (non-hydrogen) atoms. The van der Waals surface area contributed by atoms with E-state index in [0.717, 1.165) is 18.7 Å². The summed E-state index contributed by atoms with van der Waals surface area (Å²) in [5.41, 5.74) is 0.197. The maximum atomic E-state index is 12.8. The average molecular weight is 326 g/mol. The Kier molecular flexibility index (Phi) is 5.50. The lowest BCUT2D eigenvalue weighted by molar-refractivity contribution is -0.142. The van der Waals surface area contributed by atoms with Crippen molar-refractivity contribution in [2.45, 2.75) is 102 Å². The van der Waals surface area contributed by atoms with Crippen molar-refractivity contribution >= 4 is 17.4 Å². The summed E-state index contributed by atoms with van der Waals surface area (Å²) in [6.45, 7) is 2.26. The standard InChI is InChI=1S/C19H32ClNO/c1-2-3-4-5-8-15-13-18(22)17-9-6-7-11-19(17)12-10-16(14-20)21(15)19/h15-17H,2-14H2,1H3/t15-,16+,17-,19+/m1/s1. The van der Waals surface area contributed by atoms with Crippen LogP contribution < -0.4 is 0 Å². The second kappa shape index (κ2) is 7.21. The highest BCUT2D eigenvalue weighted by Gasteiger charge is 2.58. The van der Waals surface area contributed by atoms with Gasteiger partial charge < -0.3 is 0 Å². The first-order valence-corrected chi connectivity index (χ1v) is 10.1. The first-order chi connectivity index (χ1) is 10.7. The summed E-state index contributed by atoms with van der Waals surface area (Å²) >= 11 is 6.31. The van der Waals surface area contributed by atoms with Crippen LogP contribution in [0.3, 0.4) is 0 Å². The number of unbranched alkanes of at least 4 members (excludes halogenated alkanes) is 3. The first-order valence-electron chi connectivity index (χ1n) is 9.60. The van der Waals surface area contributed by atoms with Crippen molar-refractivity contribution in [2.75, 3.05) is 5.88 Å². The molecule has 1 aliphatic carbocycles. The third-order valence-electron chi connectivity index (χ3n) is 6.61. The van der Waals surface area contributed by atoms with Gasteiger partial charge in [0.25, 0.3) is 0 Å². The molecular formula is C19H32ClNO. The summed E-state index contributed by atoms with van der Waals surface area (Å²) in [6.07, 6.45) is 14.5. The van der Waals surface area contributed by atoms with E-state index in [1.165, 1.54) is 64.2 Å². The summed E-state index contributed by atoms with van der Waals surface area (Å²) in [4.78, 5) is 15.6. The van der Waals surface area contributed by atoms with Gasteiger partial charge in [-0.25, -0.2) is 0 Å². The van der Waals surface area contributed by atoms with Crippen LogP contribution in [0.15, 0.2) is 0 Å². The summed E-state index contributed by atoms with van der Waals surface area (Å²) in [6, 6.07) is 0.997. The lowest BCUT2D eigenvalue weighted by Crippen LogP contribution is -2.64. The SMILES string of the molecule is CCCCCC[C@@H]1CC(=O)[C@H]2CCCC[C@]23CC[C@@H](CCl)N13. The molecule has 2 heterocycles. The zero-order valence-electron chi connectivity index (χ0n) is 14.2. The van der Waals surface area contributed by atoms with Crippen molar-refractivity contribution < 1.29 is 4.79 Å². The van der Waals surface area contributed by atoms with Crippen molar-refractivity contribution in [2.24, 2.45) is 5.92 Å². The van der Waals surface area contributed by atoms with Crippen LogP contribution in [0.1, 0.15) is 84.0 Å². The molecule has 126 valence electrons. The van der Waals surface area contributed by atoms with Gasteiger partial charge in [-0.1, -0.05) is 45.4 Å².